The number of hydrogen-bond acceptors (Lipinski definition) is 5. The van der Waals surface area contributed by atoms with Crippen molar-refractivity contribution < 1.29 is 14.8 Å². The number of hydrogen-bond donors (Lipinski definition) is 1. The van der Waals surface area contributed by atoms with Crippen LogP contribution in [0, 0.1) is 17.0 Å². The zero-order chi connectivity index (χ0) is 17.0. The zero-order valence-corrected chi connectivity index (χ0v) is 13.6. The van der Waals surface area contributed by atoms with Crippen molar-refractivity contribution in [1.29, 1.82) is 0 Å². The van der Waals surface area contributed by atoms with E-state index in [1.165, 1.54) is 12.1 Å². The molecule has 2 rings (SSSR count). The molecule has 0 aliphatic carbocycles. The van der Waals surface area contributed by atoms with Crippen LogP contribution in [-0.4, -0.2) is 64.6 Å². The third kappa shape index (κ3) is 3.86. The number of nitro benzene ring substituents is 1. The Morgan fingerprint density at radius 1 is 1.35 bits per heavy atom. The van der Waals surface area contributed by atoms with Crippen molar-refractivity contribution in [2.24, 2.45) is 0 Å². The van der Waals surface area contributed by atoms with Crippen molar-refractivity contribution in [1.82, 2.24) is 9.80 Å². The van der Waals surface area contributed by atoms with Crippen LogP contribution < -0.4 is 0 Å². The lowest BCUT2D eigenvalue weighted by atomic mass is 10.1. The molecule has 1 amide bonds. The van der Waals surface area contributed by atoms with E-state index in [1.54, 1.807) is 17.9 Å². The molecule has 1 N–H and O–H groups in total. The maximum atomic E-state index is 12.6. The number of non-ortho nitro benzene ring substituents is 1. The van der Waals surface area contributed by atoms with Crippen LogP contribution in [0.2, 0.25) is 0 Å². The van der Waals surface area contributed by atoms with Gasteiger partial charge in [-0.25, -0.2) is 0 Å². The van der Waals surface area contributed by atoms with E-state index >= 15 is 0 Å². The first-order valence-electron chi connectivity index (χ1n) is 7.87. The highest BCUT2D eigenvalue weighted by Gasteiger charge is 2.27. The van der Waals surface area contributed by atoms with Crippen molar-refractivity contribution >= 4 is 11.6 Å². The molecule has 1 aliphatic heterocycles. The van der Waals surface area contributed by atoms with Gasteiger partial charge in [-0.05, 0) is 18.9 Å². The van der Waals surface area contributed by atoms with Gasteiger partial charge in [-0.15, -0.1) is 0 Å². The van der Waals surface area contributed by atoms with Gasteiger partial charge in [-0.1, -0.05) is 13.0 Å². The number of rotatable bonds is 5. The topological polar surface area (TPSA) is 86.9 Å². The van der Waals surface area contributed by atoms with Crippen molar-refractivity contribution in [2.45, 2.75) is 26.3 Å². The molecule has 0 saturated carbocycles. The molecule has 7 nitrogen and oxygen atoms in total. The zero-order valence-electron chi connectivity index (χ0n) is 13.6. The minimum absolute atomic E-state index is 0.0658. The van der Waals surface area contributed by atoms with Gasteiger partial charge in [-0.3, -0.25) is 19.8 Å². The first-order valence-corrected chi connectivity index (χ1v) is 7.87. The molecule has 1 atom stereocenters. The largest absolute Gasteiger partial charge is 0.395 e. The van der Waals surface area contributed by atoms with E-state index in [1.807, 2.05) is 6.92 Å². The quantitative estimate of drug-likeness (QED) is 0.655. The maximum Gasteiger partial charge on any atom is 0.270 e. The summed E-state index contributed by atoms with van der Waals surface area (Å²) in [6, 6.07) is 4.51. The molecule has 0 bridgehead atoms. The highest BCUT2D eigenvalue weighted by Crippen LogP contribution is 2.20. The van der Waals surface area contributed by atoms with Crippen molar-refractivity contribution in [2.75, 3.05) is 32.8 Å². The molecule has 126 valence electrons. The number of aliphatic hydroxyl groups excluding tert-OH is 1. The molecule has 0 spiro atoms. The third-order valence-electron chi connectivity index (χ3n) is 4.46. The van der Waals surface area contributed by atoms with Crippen LogP contribution in [0.15, 0.2) is 18.2 Å². The first kappa shape index (κ1) is 17.4. The Bertz CT molecular complexity index is 579. The fraction of sp³-hybridized carbons (Fsp3) is 0.562. The monoisotopic (exact) mass is 321 g/mol. The molecule has 0 radical (unpaired) electrons. The lowest BCUT2D eigenvalue weighted by molar-refractivity contribution is -0.384. The number of aryl methyl sites for hydroxylation is 1. The number of piperazine rings is 1. The van der Waals surface area contributed by atoms with Crippen molar-refractivity contribution in [3.63, 3.8) is 0 Å². The minimum Gasteiger partial charge on any atom is -0.395 e. The average molecular weight is 321 g/mol. The molecule has 1 fully saturated rings. The van der Waals surface area contributed by atoms with E-state index in [2.05, 4.69) is 4.90 Å². The number of carbonyl (C=O) groups is 1. The minimum atomic E-state index is -0.485. The lowest BCUT2D eigenvalue weighted by Gasteiger charge is -2.38. The van der Waals surface area contributed by atoms with Crippen molar-refractivity contribution in [3.8, 4) is 0 Å². The number of benzene rings is 1. The summed E-state index contributed by atoms with van der Waals surface area (Å²) < 4.78 is 0. The van der Waals surface area contributed by atoms with Crippen LogP contribution >= 0.6 is 0 Å². The number of aliphatic hydroxyl groups is 1. The Kier molecular flexibility index (Phi) is 5.68. The molecule has 1 aromatic carbocycles. The smallest absolute Gasteiger partial charge is 0.270 e. The van der Waals surface area contributed by atoms with Gasteiger partial charge in [0.25, 0.3) is 11.6 Å². The van der Waals surface area contributed by atoms with E-state index in [4.69, 9.17) is 0 Å². The van der Waals surface area contributed by atoms with E-state index < -0.39 is 4.92 Å². The second kappa shape index (κ2) is 7.52. The molecule has 1 saturated heterocycles. The number of carbonyl (C=O) groups excluding carboxylic acids is 1. The Morgan fingerprint density at radius 2 is 2.00 bits per heavy atom. The van der Waals surface area contributed by atoms with Crippen LogP contribution in [0.5, 0.6) is 0 Å². The summed E-state index contributed by atoms with van der Waals surface area (Å²) in [6.45, 7) is 6.48. The van der Waals surface area contributed by atoms with Gasteiger partial charge in [0.05, 0.1) is 11.5 Å². The Balaban J connectivity index is 2.08. The summed E-state index contributed by atoms with van der Waals surface area (Å²) in [5, 5.41) is 20.3. The van der Waals surface area contributed by atoms with Crippen LogP contribution in [0.25, 0.3) is 0 Å². The Morgan fingerprint density at radius 3 is 2.52 bits per heavy atom. The fourth-order valence-corrected chi connectivity index (χ4v) is 2.92. The van der Waals surface area contributed by atoms with E-state index in [-0.39, 0.29) is 24.2 Å². The molecule has 1 heterocycles. The maximum absolute atomic E-state index is 12.6. The SMILES string of the molecule is CCC(CO)N1CCN(C(=O)c2cc([N+](=O)[O-])ccc2C)CC1. The first-order chi connectivity index (χ1) is 11.0. The summed E-state index contributed by atoms with van der Waals surface area (Å²) in [7, 11) is 0. The molecule has 1 unspecified atom stereocenters. The fourth-order valence-electron chi connectivity index (χ4n) is 2.92. The number of nitro groups is 1. The van der Waals surface area contributed by atoms with Crippen LogP contribution in [0.3, 0.4) is 0 Å². The average Bonchev–Trinajstić information content (AvgIpc) is 2.56. The second-order valence-corrected chi connectivity index (χ2v) is 5.83. The highest BCUT2D eigenvalue weighted by atomic mass is 16.6. The summed E-state index contributed by atoms with van der Waals surface area (Å²) >= 11 is 0. The van der Waals surface area contributed by atoms with Gasteiger partial charge in [-0.2, -0.15) is 0 Å². The van der Waals surface area contributed by atoms with Crippen molar-refractivity contribution in [3.05, 3.63) is 39.4 Å². The number of amides is 1. The molecular weight excluding hydrogens is 298 g/mol. The normalized spacial score (nSPS) is 17.1. The van der Waals surface area contributed by atoms with Crippen LogP contribution in [0.1, 0.15) is 29.3 Å². The summed E-state index contributed by atoms with van der Waals surface area (Å²) in [5.41, 5.74) is 1.07. The second-order valence-electron chi connectivity index (χ2n) is 5.83. The lowest BCUT2D eigenvalue weighted by Crippen LogP contribution is -2.52. The van der Waals surface area contributed by atoms with Crippen LogP contribution in [-0.2, 0) is 0 Å². The summed E-state index contributed by atoms with van der Waals surface area (Å²) in [5.74, 6) is -0.164. The molecular formula is C16H23N3O4. The molecule has 23 heavy (non-hydrogen) atoms. The predicted octanol–water partition coefficient (Wildman–Crippen LogP) is 1.43. The highest BCUT2D eigenvalue weighted by molar-refractivity contribution is 5.96. The predicted molar refractivity (Wildman–Crippen MR) is 86.5 cm³/mol. The van der Waals surface area contributed by atoms with Crippen LogP contribution in [0.4, 0.5) is 5.69 Å². The molecule has 1 aliphatic rings. The van der Waals surface area contributed by atoms with E-state index in [0.717, 1.165) is 12.0 Å². The van der Waals surface area contributed by atoms with E-state index in [0.29, 0.717) is 31.7 Å². The van der Waals surface area contributed by atoms with Gasteiger partial charge in [0.2, 0.25) is 0 Å². The van der Waals surface area contributed by atoms with Gasteiger partial charge in [0, 0.05) is 49.9 Å². The molecule has 7 heteroatoms. The van der Waals surface area contributed by atoms with Gasteiger partial charge in [0.1, 0.15) is 0 Å². The molecule has 0 aromatic heterocycles. The van der Waals surface area contributed by atoms with Gasteiger partial charge < -0.3 is 10.0 Å². The van der Waals surface area contributed by atoms with Gasteiger partial charge >= 0.3 is 0 Å². The Hall–Kier alpha value is -1.99. The van der Waals surface area contributed by atoms with Gasteiger partial charge in [0.15, 0.2) is 0 Å². The van der Waals surface area contributed by atoms with E-state index in [9.17, 15) is 20.0 Å². The Labute approximate surface area is 135 Å². The summed E-state index contributed by atoms with van der Waals surface area (Å²) in [4.78, 5) is 27.0. The molecule has 1 aromatic rings. The standard InChI is InChI=1S/C16H23N3O4/c1-3-13(11-20)17-6-8-18(9-7-17)16(21)15-10-14(19(22)23)5-4-12(15)2/h4-5,10,13,20H,3,6-9,11H2,1-2H3. The third-order valence-corrected chi connectivity index (χ3v) is 4.46. The number of nitrogens with zero attached hydrogens (tertiary/aromatic N) is 3. The summed E-state index contributed by atoms with van der Waals surface area (Å²) in [6.07, 6.45) is 0.869.